The molecule has 216 valence electrons. The zero-order chi connectivity index (χ0) is 29.1. The summed E-state index contributed by atoms with van der Waals surface area (Å²) in [5, 5.41) is 26.1. The average Bonchev–Trinajstić information content (AvgIpc) is 3.46. The third-order valence-electron chi connectivity index (χ3n) is 5.94. The second kappa shape index (κ2) is 15.4. The molecule has 3 rings (SSSR count). The summed E-state index contributed by atoms with van der Waals surface area (Å²) >= 11 is 0. The zero-order valence-electron chi connectivity index (χ0n) is 21.5. The molecular weight excluding hydrogens is 562 g/mol. The van der Waals surface area contributed by atoms with Crippen molar-refractivity contribution in [3.05, 3.63) is 36.0 Å². The van der Waals surface area contributed by atoms with Crippen molar-refractivity contribution >= 4 is 62.2 Å². The molecule has 1 unspecified atom stereocenters. The van der Waals surface area contributed by atoms with Gasteiger partial charge in [0.1, 0.15) is 18.6 Å². The van der Waals surface area contributed by atoms with Gasteiger partial charge in [-0.15, -0.1) is 0 Å². The average molecular weight is 594 g/mol. The van der Waals surface area contributed by atoms with E-state index in [4.69, 9.17) is 20.7 Å². The molecule has 1 aromatic heterocycles. The molecule has 0 bridgehead atoms. The minimum atomic E-state index is -1.25. The van der Waals surface area contributed by atoms with Gasteiger partial charge in [0.05, 0.1) is 11.6 Å². The van der Waals surface area contributed by atoms with Crippen LogP contribution >= 0.6 is 21.6 Å². The van der Waals surface area contributed by atoms with Gasteiger partial charge in [-0.05, 0) is 37.5 Å². The molecule has 1 aliphatic heterocycles. The molecule has 0 saturated carbocycles. The predicted octanol–water partition coefficient (Wildman–Crippen LogP) is 0.762. The van der Waals surface area contributed by atoms with Crippen molar-refractivity contribution in [1.29, 1.82) is 0 Å². The molecular formula is C25H31N5O8S2. The lowest BCUT2D eigenvalue weighted by Gasteiger charge is -2.18. The van der Waals surface area contributed by atoms with Crippen LogP contribution in [-0.2, 0) is 23.9 Å². The Balaban J connectivity index is 1.65. The fraction of sp³-hybridized carbons (Fsp3) is 0.440. The van der Waals surface area contributed by atoms with E-state index in [1.165, 1.54) is 21.6 Å². The van der Waals surface area contributed by atoms with Crippen LogP contribution in [0.3, 0.4) is 0 Å². The van der Waals surface area contributed by atoms with Crippen LogP contribution in [0.2, 0.25) is 0 Å². The molecule has 7 N–H and O–H groups in total. The molecule has 3 amide bonds. The second-order valence-electron chi connectivity index (χ2n) is 8.94. The Hall–Kier alpha value is -3.40. The number of nitrogens with two attached hydrogens (primary N) is 1. The number of pyridine rings is 1. The van der Waals surface area contributed by atoms with E-state index in [1.54, 1.807) is 30.5 Å². The minimum Gasteiger partial charge on any atom is -0.480 e. The molecule has 13 nitrogen and oxygen atoms in total. The van der Waals surface area contributed by atoms with Crippen molar-refractivity contribution in [1.82, 2.24) is 20.9 Å². The number of carboxylic acids is 2. The van der Waals surface area contributed by atoms with Gasteiger partial charge in [-0.1, -0.05) is 27.7 Å². The van der Waals surface area contributed by atoms with Crippen molar-refractivity contribution < 1.29 is 38.9 Å². The third kappa shape index (κ3) is 9.36. The summed E-state index contributed by atoms with van der Waals surface area (Å²) in [6, 6.07) is 4.66. The lowest BCUT2D eigenvalue weighted by atomic mass is 10.1. The molecule has 0 radical (unpaired) electrons. The largest absolute Gasteiger partial charge is 0.480 e. The summed E-state index contributed by atoms with van der Waals surface area (Å²) in [6.07, 6.45) is 3.14. The molecule has 0 spiro atoms. The lowest BCUT2D eigenvalue weighted by molar-refractivity contribution is -0.139. The molecule has 3 atom stereocenters. The van der Waals surface area contributed by atoms with Crippen LogP contribution < -0.4 is 21.7 Å². The van der Waals surface area contributed by atoms with Crippen molar-refractivity contribution in [2.24, 2.45) is 5.73 Å². The molecule has 2 aromatic rings. The zero-order valence-corrected chi connectivity index (χ0v) is 23.1. The summed E-state index contributed by atoms with van der Waals surface area (Å²) in [6.45, 7) is 0.492. The molecule has 1 saturated heterocycles. The highest BCUT2D eigenvalue weighted by molar-refractivity contribution is 8.76. The summed E-state index contributed by atoms with van der Waals surface area (Å²) < 4.78 is 5.56. The van der Waals surface area contributed by atoms with Crippen LogP contribution in [0.4, 0.5) is 0 Å². The Morgan fingerprint density at radius 2 is 1.95 bits per heavy atom. The Labute approximate surface area is 237 Å². The SMILES string of the molecule is N[C@H](CCC(=O)N[C@H](CSSc1ccc(C(=O)NCC2CCCO2)c2cccnc12)C(=O)NCC(=O)O)C(=O)O. The molecule has 1 fully saturated rings. The summed E-state index contributed by atoms with van der Waals surface area (Å²) in [5.41, 5.74) is 6.49. The number of fused-ring (bicyclic) bond motifs is 1. The number of amides is 3. The van der Waals surface area contributed by atoms with Crippen molar-refractivity contribution in [2.45, 2.75) is 48.8 Å². The van der Waals surface area contributed by atoms with Gasteiger partial charge in [0.15, 0.2) is 0 Å². The predicted molar refractivity (Wildman–Crippen MR) is 149 cm³/mol. The molecule has 2 heterocycles. The maximum Gasteiger partial charge on any atom is 0.322 e. The highest BCUT2D eigenvalue weighted by Gasteiger charge is 2.24. The Morgan fingerprint density at radius 1 is 1.15 bits per heavy atom. The Bertz CT molecular complexity index is 1240. The Kier molecular flexibility index (Phi) is 12.0. The standard InChI is InChI=1S/C25H31N5O8S2/c26-17(25(36)37)6-8-20(31)30-18(24(35)29-12-21(32)33)13-39-40-19-7-5-16(15-4-1-9-27-22(15)19)23(34)28-11-14-3-2-10-38-14/h1,4-5,7,9,14,17-18H,2-3,6,8,10-13,26H2,(H,28,34)(H,29,35)(H,30,31)(H,32,33)(H,36,37)/t14?,17-,18-/m1/s1. The van der Waals surface area contributed by atoms with Crippen LogP contribution in [0.15, 0.2) is 35.4 Å². The number of hydrogen-bond donors (Lipinski definition) is 6. The van der Waals surface area contributed by atoms with E-state index in [2.05, 4.69) is 20.9 Å². The molecule has 15 heteroatoms. The van der Waals surface area contributed by atoms with Crippen LogP contribution in [-0.4, -0.2) is 88.5 Å². The fourth-order valence-electron chi connectivity index (χ4n) is 3.83. The number of aromatic nitrogens is 1. The van der Waals surface area contributed by atoms with Gasteiger partial charge in [-0.2, -0.15) is 0 Å². The first-order chi connectivity index (χ1) is 19.2. The van der Waals surface area contributed by atoms with E-state index in [-0.39, 0.29) is 30.6 Å². The van der Waals surface area contributed by atoms with E-state index in [1.807, 2.05) is 0 Å². The number of hydrogen-bond acceptors (Lipinski definition) is 10. The molecule has 0 aliphatic carbocycles. The number of ether oxygens (including phenoxy) is 1. The first kappa shape index (κ1) is 31.1. The second-order valence-corrected chi connectivity index (χ2v) is 11.3. The number of benzene rings is 1. The van der Waals surface area contributed by atoms with Crippen LogP contribution in [0, 0.1) is 0 Å². The third-order valence-corrected chi connectivity index (χ3v) is 8.34. The number of aliphatic carboxylic acids is 2. The van der Waals surface area contributed by atoms with Gasteiger partial charge in [0.2, 0.25) is 11.8 Å². The van der Waals surface area contributed by atoms with Gasteiger partial charge in [0, 0.05) is 47.4 Å². The number of nitrogens with zero attached hydrogens (tertiary/aromatic N) is 1. The highest BCUT2D eigenvalue weighted by atomic mass is 33.1. The molecule has 40 heavy (non-hydrogen) atoms. The van der Waals surface area contributed by atoms with Crippen molar-refractivity contribution in [3.8, 4) is 0 Å². The van der Waals surface area contributed by atoms with Crippen LogP contribution in [0.25, 0.3) is 10.9 Å². The first-order valence-electron chi connectivity index (χ1n) is 12.5. The maximum absolute atomic E-state index is 12.9. The quantitative estimate of drug-likeness (QED) is 0.158. The Morgan fingerprint density at radius 3 is 2.65 bits per heavy atom. The van der Waals surface area contributed by atoms with E-state index in [0.717, 1.165) is 17.7 Å². The van der Waals surface area contributed by atoms with E-state index in [0.29, 0.717) is 29.6 Å². The first-order valence-corrected chi connectivity index (χ1v) is 14.8. The monoisotopic (exact) mass is 593 g/mol. The number of carboxylic acid groups (broad SMARTS) is 2. The fourth-order valence-corrected chi connectivity index (χ4v) is 6.16. The van der Waals surface area contributed by atoms with Crippen LogP contribution in [0.5, 0.6) is 0 Å². The highest BCUT2D eigenvalue weighted by Crippen LogP contribution is 2.36. The van der Waals surface area contributed by atoms with Gasteiger partial charge in [0.25, 0.3) is 5.91 Å². The number of rotatable bonds is 15. The van der Waals surface area contributed by atoms with Gasteiger partial charge < -0.3 is 36.6 Å². The van der Waals surface area contributed by atoms with E-state index in [9.17, 15) is 24.0 Å². The summed E-state index contributed by atoms with van der Waals surface area (Å²) in [4.78, 5) is 64.7. The van der Waals surface area contributed by atoms with Crippen molar-refractivity contribution in [3.63, 3.8) is 0 Å². The lowest BCUT2D eigenvalue weighted by Crippen LogP contribution is -2.49. The van der Waals surface area contributed by atoms with Gasteiger partial charge >= 0.3 is 11.9 Å². The minimum absolute atomic E-state index is 0.00890. The number of carbonyl (C=O) groups is 5. The number of nitrogens with one attached hydrogen (secondary N) is 3. The normalized spacial score (nSPS) is 16.2. The van der Waals surface area contributed by atoms with E-state index < -0.39 is 42.4 Å². The smallest absolute Gasteiger partial charge is 0.322 e. The molecule has 1 aromatic carbocycles. The van der Waals surface area contributed by atoms with Crippen molar-refractivity contribution in [2.75, 3.05) is 25.4 Å². The van der Waals surface area contributed by atoms with Gasteiger partial charge in [-0.3, -0.25) is 29.0 Å². The summed E-state index contributed by atoms with van der Waals surface area (Å²) in [5.74, 6) is -3.97. The topological polar surface area (TPSA) is 210 Å². The summed E-state index contributed by atoms with van der Waals surface area (Å²) in [7, 11) is 2.50. The maximum atomic E-state index is 12.9. The number of carbonyl (C=O) groups excluding carboxylic acids is 3. The van der Waals surface area contributed by atoms with Gasteiger partial charge in [-0.25, -0.2) is 0 Å². The van der Waals surface area contributed by atoms with Crippen LogP contribution in [0.1, 0.15) is 36.0 Å². The van der Waals surface area contributed by atoms with E-state index >= 15 is 0 Å². The molecule has 1 aliphatic rings.